The number of halogens is 1. The van der Waals surface area contributed by atoms with E-state index < -0.39 is 5.82 Å². The summed E-state index contributed by atoms with van der Waals surface area (Å²) in [6, 6.07) is 10.4. The Hall–Kier alpha value is -3.91. The Kier molecular flexibility index (Phi) is 4.85. The van der Waals surface area contributed by atoms with Gasteiger partial charge >= 0.3 is 0 Å². The third-order valence-electron chi connectivity index (χ3n) is 8.05. The zero-order chi connectivity index (χ0) is 25.3. The van der Waals surface area contributed by atoms with Gasteiger partial charge in [-0.3, -0.25) is 0 Å². The van der Waals surface area contributed by atoms with Crippen molar-refractivity contribution < 1.29 is 9.13 Å². The van der Waals surface area contributed by atoms with E-state index >= 15 is 4.39 Å². The highest BCUT2D eigenvalue weighted by atomic mass is 19.1. The molecule has 1 saturated carbocycles. The maximum atomic E-state index is 15.5. The van der Waals surface area contributed by atoms with E-state index in [2.05, 4.69) is 50.7 Å². The number of benzene rings is 2. The Morgan fingerprint density at radius 2 is 2.00 bits per heavy atom. The van der Waals surface area contributed by atoms with Gasteiger partial charge in [0.05, 0.1) is 5.69 Å². The van der Waals surface area contributed by atoms with Crippen molar-refractivity contribution in [3.63, 3.8) is 0 Å². The number of nitrogen functional groups attached to an aromatic ring is 1. The van der Waals surface area contributed by atoms with E-state index in [0.29, 0.717) is 46.8 Å². The average Bonchev–Trinajstić information content (AvgIpc) is 3.66. The van der Waals surface area contributed by atoms with E-state index in [1.54, 1.807) is 12.4 Å². The molecule has 1 spiro atoms. The molecular formula is C29H29FN6O. The number of anilines is 4. The number of hydrogen-bond donors (Lipinski definition) is 3. The average molecular weight is 497 g/mol. The SMILES string of the molecule is Cc1c(-c2cc3cc(Nc4ccc5c(c4)CN(C)CC54CC4)ncc3c(N)c2F)cnc2c1NCCO2. The summed E-state index contributed by atoms with van der Waals surface area (Å²) in [5.41, 5.74) is 13.3. The van der Waals surface area contributed by atoms with Crippen molar-refractivity contribution in [1.29, 1.82) is 0 Å². The molecular weight excluding hydrogens is 467 g/mol. The molecule has 2 aliphatic heterocycles. The van der Waals surface area contributed by atoms with Crippen molar-refractivity contribution in [1.82, 2.24) is 14.9 Å². The zero-order valence-corrected chi connectivity index (χ0v) is 21.0. The molecule has 0 bridgehead atoms. The molecule has 0 saturated heterocycles. The van der Waals surface area contributed by atoms with Gasteiger partial charge in [0.15, 0.2) is 5.82 Å². The van der Waals surface area contributed by atoms with Crippen LogP contribution in [0.3, 0.4) is 0 Å². The summed E-state index contributed by atoms with van der Waals surface area (Å²) in [6.45, 7) is 5.27. The number of nitrogens with two attached hydrogens (primary N) is 1. The van der Waals surface area contributed by atoms with Crippen LogP contribution in [-0.4, -0.2) is 41.6 Å². The van der Waals surface area contributed by atoms with E-state index in [9.17, 15) is 0 Å². The van der Waals surface area contributed by atoms with Crippen LogP contribution >= 0.6 is 0 Å². The van der Waals surface area contributed by atoms with Gasteiger partial charge in [-0.15, -0.1) is 0 Å². The molecule has 8 heteroatoms. The minimum Gasteiger partial charge on any atom is -0.474 e. The lowest BCUT2D eigenvalue weighted by Crippen LogP contribution is -2.35. The molecule has 0 radical (unpaired) electrons. The monoisotopic (exact) mass is 496 g/mol. The number of nitrogens with one attached hydrogen (secondary N) is 2. The second kappa shape index (κ2) is 8.05. The van der Waals surface area contributed by atoms with Gasteiger partial charge in [0.2, 0.25) is 5.88 Å². The van der Waals surface area contributed by atoms with Gasteiger partial charge in [-0.2, -0.15) is 0 Å². The zero-order valence-electron chi connectivity index (χ0n) is 21.0. The minimum absolute atomic E-state index is 0.0828. The Morgan fingerprint density at radius 1 is 1.14 bits per heavy atom. The van der Waals surface area contributed by atoms with Crippen LogP contribution in [0.5, 0.6) is 5.88 Å². The van der Waals surface area contributed by atoms with E-state index in [-0.39, 0.29) is 5.69 Å². The van der Waals surface area contributed by atoms with Crippen molar-refractivity contribution in [2.24, 2.45) is 0 Å². The molecule has 4 aromatic rings. The number of likely N-dealkylation sites (N-methyl/N-ethyl adjacent to an activating group) is 1. The van der Waals surface area contributed by atoms with Gasteiger partial charge in [0, 0.05) is 59.6 Å². The lowest BCUT2D eigenvalue weighted by Gasteiger charge is -2.32. The predicted molar refractivity (Wildman–Crippen MR) is 145 cm³/mol. The van der Waals surface area contributed by atoms with E-state index in [1.165, 1.54) is 24.0 Å². The molecule has 37 heavy (non-hydrogen) atoms. The van der Waals surface area contributed by atoms with E-state index in [4.69, 9.17) is 10.5 Å². The Bertz CT molecular complexity index is 1580. The third kappa shape index (κ3) is 3.58. The number of aromatic nitrogens is 2. The first-order valence-electron chi connectivity index (χ1n) is 12.8. The van der Waals surface area contributed by atoms with Gasteiger partial charge in [-0.05, 0) is 73.2 Å². The number of pyridine rings is 2. The van der Waals surface area contributed by atoms with Gasteiger partial charge in [-0.1, -0.05) is 6.07 Å². The highest BCUT2D eigenvalue weighted by Gasteiger charge is 2.48. The van der Waals surface area contributed by atoms with Gasteiger partial charge in [0.25, 0.3) is 0 Å². The first kappa shape index (κ1) is 22.3. The summed E-state index contributed by atoms with van der Waals surface area (Å²) < 4.78 is 21.1. The lowest BCUT2D eigenvalue weighted by atomic mass is 9.87. The summed E-state index contributed by atoms with van der Waals surface area (Å²) in [4.78, 5) is 11.4. The molecule has 7 nitrogen and oxygen atoms in total. The van der Waals surface area contributed by atoms with Crippen molar-refractivity contribution >= 4 is 33.7 Å². The molecule has 2 aromatic carbocycles. The maximum Gasteiger partial charge on any atom is 0.237 e. The number of fused-ring (bicyclic) bond motifs is 4. The molecule has 1 fully saturated rings. The van der Waals surface area contributed by atoms with Crippen LogP contribution in [0.4, 0.5) is 27.3 Å². The number of nitrogens with zero attached hydrogens (tertiary/aromatic N) is 3. The maximum absolute atomic E-state index is 15.5. The highest BCUT2D eigenvalue weighted by Crippen LogP contribution is 2.52. The summed E-state index contributed by atoms with van der Waals surface area (Å²) in [5.74, 6) is 0.760. The Morgan fingerprint density at radius 3 is 2.84 bits per heavy atom. The molecule has 0 amide bonds. The molecule has 3 aliphatic rings. The second-order valence-electron chi connectivity index (χ2n) is 10.6. The molecule has 4 N–H and O–H groups in total. The van der Waals surface area contributed by atoms with Crippen molar-refractivity contribution in [2.75, 3.05) is 43.1 Å². The van der Waals surface area contributed by atoms with Crippen LogP contribution in [0.25, 0.3) is 21.9 Å². The predicted octanol–water partition coefficient (Wildman–Crippen LogP) is 5.35. The smallest absolute Gasteiger partial charge is 0.237 e. The van der Waals surface area contributed by atoms with E-state index in [0.717, 1.165) is 35.4 Å². The Balaban J connectivity index is 1.26. The van der Waals surface area contributed by atoms with Crippen LogP contribution < -0.4 is 21.1 Å². The fourth-order valence-corrected chi connectivity index (χ4v) is 6.05. The molecule has 2 aromatic heterocycles. The first-order valence-corrected chi connectivity index (χ1v) is 12.8. The topological polar surface area (TPSA) is 88.3 Å². The molecule has 0 unspecified atom stereocenters. The third-order valence-corrected chi connectivity index (χ3v) is 8.05. The highest BCUT2D eigenvalue weighted by molar-refractivity contribution is 5.98. The van der Waals surface area contributed by atoms with Gasteiger partial charge < -0.3 is 26.0 Å². The molecule has 1 aliphatic carbocycles. The molecule has 188 valence electrons. The van der Waals surface area contributed by atoms with E-state index in [1.807, 2.05) is 19.1 Å². The molecule has 7 rings (SSSR count). The van der Waals surface area contributed by atoms with Crippen molar-refractivity contribution in [2.45, 2.75) is 31.7 Å². The van der Waals surface area contributed by atoms with Gasteiger partial charge in [-0.25, -0.2) is 14.4 Å². The van der Waals surface area contributed by atoms with Crippen molar-refractivity contribution in [3.8, 4) is 17.0 Å². The van der Waals surface area contributed by atoms with Gasteiger partial charge in [0.1, 0.15) is 18.1 Å². The minimum atomic E-state index is -0.468. The molecule has 4 heterocycles. The number of hydrogen-bond acceptors (Lipinski definition) is 7. The number of ether oxygens (including phenoxy) is 1. The molecule has 0 atom stereocenters. The van der Waals surface area contributed by atoms with Crippen LogP contribution in [0.2, 0.25) is 0 Å². The second-order valence-corrected chi connectivity index (χ2v) is 10.6. The van der Waals surface area contributed by atoms with Crippen LogP contribution in [0.15, 0.2) is 42.7 Å². The standard InChI is InChI=1S/C29H29FN6O/c1-16-21(12-34-28-27(16)32-7-8-37-28)20-10-17-11-24(33-13-22(17)26(31)25(20)30)35-19-3-4-23-18(9-19)14-36(2)15-29(23)5-6-29/h3-4,9-13,32H,5-8,14-15,31H2,1-2H3,(H,33,35). The summed E-state index contributed by atoms with van der Waals surface area (Å²) in [6.07, 6.45) is 5.83. The Labute approximate surface area is 214 Å². The summed E-state index contributed by atoms with van der Waals surface area (Å²) in [5, 5.41) is 8.16. The fourth-order valence-electron chi connectivity index (χ4n) is 6.05. The summed E-state index contributed by atoms with van der Waals surface area (Å²) in [7, 11) is 2.19. The van der Waals surface area contributed by atoms with Crippen molar-refractivity contribution in [3.05, 3.63) is 65.2 Å². The van der Waals surface area contributed by atoms with Crippen LogP contribution in [0.1, 0.15) is 29.5 Å². The quantitative estimate of drug-likeness (QED) is 0.330. The normalized spacial score (nSPS) is 17.6. The first-order chi connectivity index (χ1) is 17.9. The van der Waals surface area contributed by atoms with Crippen LogP contribution in [-0.2, 0) is 12.0 Å². The lowest BCUT2D eigenvalue weighted by molar-refractivity contribution is 0.271. The number of rotatable bonds is 3. The van der Waals surface area contributed by atoms with Crippen LogP contribution in [0, 0.1) is 12.7 Å². The fraction of sp³-hybridized carbons (Fsp3) is 0.310. The summed E-state index contributed by atoms with van der Waals surface area (Å²) >= 11 is 0. The largest absolute Gasteiger partial charge is 0.474 e.